The zero-order chi connectivity index (χ0) is 18.7. The quantitative estimate of drug-likeness (QED) is 0.470. The van der Waals surface area contributed by atoms with Crippen LogP contribution in [0.2, 0.25) is 5.02 Å². The molecule has 132 valence electrons. The van der Waals surface area contributed by atoms with Crippen molar-refractivity contribution in [1.82, 2.24) is 0 Å². The Morgan fingerprint density at radius 3 is 2.64 bits per heavy atom. The summed E-state index contributed by atoms with van der Waals surface area (Å²) in [5.74, 6) is -1.18. The molecule has 1 N–H and O–H groups in total. The third-order valence-corrected chi connectivity index (χ3v) is 4.95. The second-order valence-corrected chi connectivity index (χ2v) is 6.72. The van der Waals surface area contributed by atoms with E-state index >= 15 is 0 Å². The number of nitro groups is 1. The molecule has 1 amide bonds. The van der Waals surface area contributed by atoms with Crippen molar-refractivity contribution in [3.8, 4) is 0 Å². The largest absolute Gasteiger partial charge is 0.462 e. The predicted octanol–water partition coefficient (Wildman–Crippen LogP) is 4.36. The van der Waals surface area contributed by atoms with Crippen LogP contribution < -0.4 is 5.32 Å². The maximum absolute atomic E-state index is 12.5. The number of anilines is 1. The number of amides is 1. The molecular formula is C16H15ClN2O5S. The van der Waals surface area contributed by atoms with Crippen molar-refractivity contribution in [3.63, 3.8) is 0 Å². The molecule has 1 aromatic carbocycles. The second-order valence-electron chi connectivity index (χ2n) is 5.08. The van der Waals surface area contributed by atoms with Gasteiger partial charge in [0.05, 0.1) is 27.7 Å². The van der Waals surface area contributed by atoms with Crippen LogP contribution in [0.1, 0.15) is 38.1 Å². The summed E-state index contributed by atoms with van der Waals surface area (Å²) < 4.78 is 5.03. The highest BCUT2D eigenvalue weighted by atomic mass is 35.5. The van der Waals surface area contributed by atoms with E-state index in [1.54, 1.807) is 13.8 Å². The highest BCUT2D eigenvalue weighted by molar-refractivity contribution is 7.16. The first kappa shape index (κ1) is 18.9. The molecule has 2 rings (SSSR count). The fourth-order valence-electron chi connectivity index (χ4n) is 2.14. The van der Waals surface area contributed by atoms with Crippen LogP contribution in [-0.2, 0) is 4.74 Å². The molecule has 7 nitrogen and oxygen atoms in total. The van der Waals surface area contributed by atoms with Gasteiger partial charge in [-0.2, -0.15) is 0 Å². The first-order valence-electron chi connectivity index (χ1n) is 7.28. The zero-order valence-corrected chi connectivity index (χ0v) is 15.3. The van der Waals surface area contributed by atoms with Gasteiger partial charge in [0.25, 0.3) is 11.6 Å². The number of nitro benzene ring substituents is 1. The van der Waals surface area contributed by atoms with Crippen LogP contribution in [0.4, 0.5) is 10.7 Å². The fraction of sp³-hybridized carbons (Fsp3) is 0.250. The van der Waals surface area contributed by atoms with E-state index in [1.165, 1.54) is 23.5 Å². The maximum atomic E-state index is 12.5. The minimum atomic E-state index is -0.638. The van der Waals surface area contributed by atoms with E-state index in [9.17, 15) is 19.7 Å². The van der Waals surface area contributed by atoms with E-state index in [-0.39, 0.29) is 28.4 Å². The Hall–Kier alpha value is -2.45. The molecule has 0 bridgehead atoms. The van der Waals surface area contributed by atoms with Crippen LogP contribution >= 0.6 is 22.9 Å². The normalized spacial score (nSPS) is 10.4. The highest BCUT2D eigenvalue weighted by Gasteiger charge is 2.24. The van der Waals surface area contributed by atoms with Crippen LogP contribution in [0.15, 0.2) is 18.2 Å². The number of nitrogens with one attached hydrogen (secondary N) is 1. The van der Waals surface area contributed by atoms with Crippen LogP contribution in [0.5, 0.6) is 0 Å². The first-order chi connectivity index (χ1) is 11.8. The van der Waals surface area contributed by atoms with Crippen molar-refractivity contribution in [2.75, 3.05) is 11.9 Å². The number of hydrogen-bond donors (Lipinski definition) is 1. The third-order valence-electron chi connectivity index (χ3n) is 3.50. The summed E-state index contributed by atoms with van der Waals surface area (Å²) in [6, 6.07) is 3.59. The van der Waals surface area contributed by atoms with Gasteiger partial charge in [-0.1, -0.05) is 11.6 Å². The summed E-state index contributed by atoms with van der Waals surface area (Å²) in [5, 5.41) is 13.9. The van der Waals surface area contributed by atoms with Gasteiger partial charge < -0.3 is 10.1 Å². The lowest BCUT2D eigenvalue weighted by atomic mass is 10.1. The van der Waals surface area contributed by atoms with Gasteiger partial charge >= 0.3 is 5.97 Å². The number of benzene rings is 1. The number of halogens is 1. The standard InChI is InChI=1S/C16H15ClN2O5S/c1-4-24-16(21)13-8(2)9(3)25-15(13)18-14(20)11-7-10(19(22)23)5-6-12(11)17/h5-7H,4H2,1-3H3,(H,18,20). The van der Waals surface area contributed by atoms with E-state index in [1.807, 2.05) is 6.92 Å². The van der Waals surface area contributed by atoms with Gasteiger partial charge in [0.1, 0.15) is 5.00 Å². The minimum Gasteiger partial charge on any atom is -0.462 e. The number of carbonyl (C=O) groups is 2. The number of hydrogen-bond acceptors (Lipinski definition) is 6. The lowest BCUT2D eigenvalue weighted by Gasteiger charge is -2.08. The number of rotatable bonds is 5. The molecule has 0 aliphatic heterocycles. The zero-order valence-electron chi connectivity index (χ0n) is 13.7. The van der Waals surface area contributed by atoms with Gasteiger partial charge in [0.15, 0.2) is 0 Å². The van der Waals surface area contributed by atoms with Gasteiger partial charge in [-0.3, -0.25) is 14.9 Å². The van der Waals surface area contributed by atoms with Crippen LogP contribution in [0.25, 0.3) is 0 Å². The van der Waals surface area contributed by atoms with Crippen LogP contribution in [0.3, 0.4) is 0 Å². The Morgan fingerprint density at radius 2 is 2.04 bits per heavy atom. The summed E-state index contributed by atoms with van der Waals surface area (Å²) in [5.41, 5.74) is 0.691. The topological polar surface area (TPSA) is 98.5 Å². The summed E-state index contributed by atoms with van der Waals surface area (Å²) in [6.07, 6.45) is 0. The molecule has 0 saturated heterocycles. The monoisotopic (exact) mass is 382 g/mol. The van der Waals surface area contributed by atoms with Gasteiger partial charge in [0.2, 0.25) is 0 Å². The molecule has 0 aliphatic rings. The van der Waals surface area contributed by atoms with Crippen molar-refractivity contribution in [1.29, 1.82) is 0 Å². The lowest BCUT2D eigenvalue weighted by Crippen LogP contribution is -2.15. The smallest absolute Gasteiger partial charge is 0.341 e. The van der Waals surface area contributed by atoms with Crippen molar-refractivity contribution >= 4 is 45.5 Å². The highest BCUT2D eigenvalue weighted by Crippen LogP contribution is 2.34. The summed E-state index contributed by atoms with van der Waals surface area (Å²) in [6.45, 7) is 5.47. The Balaban J connectivity index is 2.39. The molecule has 0 aliphatic carbocycles. The number of carbonyl (C=O) groups excluding carboxylic acids is 2. The molecule has 0 radical (unpaired) electrons. The van der Waals surface area contributed by atoms with Crippen LogP contribution in [0, 0.1) is 24.0 Å². The summed E-state index contributed by atoms with van der Waals surface area (Å²) in [7, 11) is 0. The van der Waals surface area contributed by atoms with Crippen molar-refractivity contribution in [2.24, 2.45) is 0 Å². The fourth-order valence-corrected chi connectivity index (χ4v) is 3.38. The lowest BCUT2D eigenvalue weighted by molar-refractivity contribution is -0.384. The van der Waals surface area contributed by atoms with Crippen molar-refractivity contribution < 1.29 is 19.2 Å². The van der Waals surface area contributed by atoms with Crippen LogP contribution in [-0.4, -0.2) is 23.4 Å². The number of esters is 1. The van der Waals surface area contributed by atoms with E-state index in [0.29, 0.717) is 10.6 Å². The average Bonchev–Trinajstić information content (AvgIpc) is 2.81. The first-order valence-corrected chi connectivity index (χ1v) is 8.48. The van der Waals surface area contributed by atoms with Gasteiger partial charge in [-0.25, -0.2) is 4.79 Å². The maximum Gasteiger partial charge on any atom is 0.341 e. The van der Waals surface area contributed by atoms with Gasteiger partial charge in [-0.15, -0.1) is 11.3 Å². The Labute approximate surface area is 152 Å². The summed E-state index contributed by atoms with van der Waals surface area (Å²) >= 11 is 7.20. The van der Waals surface area contributed by atoms with E-state index in [2.05, 4.69) is 5.32 Å². The molecule has 0 saturated carbocycles. The molecule has 25 heavy (non-hydrogen) atoms. The number of nitrogens with zero attached hydrogens (tertiary/aromatic N) is 1. The van der Waals surface area contributed by atoms with Gasteiger partial charge in [0, 0.05) is 17.0 Å². The summed E-state index contributed by atoms with van der Waals surface area (Å²) in [4.78, 5) is 35.8. The second kappa shape index (κ2) is 7.62. The molecular weight excluding hydrogens is 368 g/mol. The van der Waals surface area contributed by atoms with E-state index in [0.717, 1.165) is 10.9 Å². The Kier molecular flexibility index (Phi) is 5.76. The molecule has 2 aromatic rings. The molecule has 1 heterocycles. The van der Waals surface area contributed by atoms with Crippen molar-refractivity contribution in [3.05, 3.63) is 54.9 Å². The predicted molar refractivity (Wildman–Crippen MR) is 95.8 cm³/mol. The number of non-ortho nitro benzene ring substituents is 1. The Morgan fingerprint density at radius 1 is 1.36 bits per heavy atom. The Bertz CT molecular complexity index is 862. The third kappa shape index (κ3) is 3.97. The average molecular weight is 383 g/mol. The van der Waals surface area contributed by atoms with E-state index in [4.69, 9.17) is 16.3 Å². The van der Waals surface area contributed by atoms with E-state index < -0.39 is 16.8 Å². The molecule has 0 spiro atoms. The number of thiophene rings is 1. The molecule has 9 heteroatoms. The molecule has 0 fully saturated rings. The molecule has 1 aromatic heterocycles. The molecule has 0 atom stereocenters. The number of aryl methyl sites for hydroxylation is 1. The van der Waals surface area contributed by atoms with Gasteiger partial charge in [-0.05, 0) is 32.4 Å². The van der Waals surface area contributed by atoms with Crippen molar-refractivity contribution in [2.45, 2.75) is 20.8 Å². The minimum absolute atomic E-state index is 0.0469. The SMILES string of the molecule is CCOC(=O)c1c(NC(=O)c2cc([N+](=O)[O-])ccc2Cl)sc(C)c1C. The number of ether oxygens (including phenoxy) is 1. The molecule has 0 unspecified atom stereocenters.